The number of ether oxygens (including phenoxy) is 1. The van der Waals surface area contributed by atoms with Crippen molar-refractivity contribution in [3.05, 3.63) is 70.8 Å². The van der Waals surface area contributed by atoms with Crippen LogP contribution < -0.4 is 15.4 Å². The van der Waals surface area contributed by atoms with E-state index in [2.05, 4.69) is 5.10 Å². The SMILES string of the molecule is COc1ccc(-n2nc(C(N)=O)c3c2C(=O)N(c2ccc(C(=N)N(C)C)cc2)CC32CC2)cc1F. The molecule has 180 valence electrons. The van der Waals surface area contributed by atoms with Crippen molar-refractivity contribution < 1.29 is 18.7 Å². The maximum absolute atomic E-state index is 14.5. The van der Waals surface area contributed by atoms with E-state index < -0.39 is 17.1 Å². The Morgan fingerprint density at radius 1 is 1.17 bits per heavy atom. The molecular formula is C25H25FN6O3. The monoisotopic (exact) mass is 476 g/mol. The maximum Gasteiger partial charge on any atom is 0.277 e. The van der Waals surface area contributed by atoms with Gasteiger partial charge in [0.15, 0.2) is 17.3 Å². The molecule has 5 rings (SSSR count). The molecule has 1 fully saturated rings. The first kappa shape index (κ1) is 22.6. The number of nitrogens with two attached hydrogens (primary N) is 1. The van der Waals surface area contributed by atoms with Crippen molar-refractivity contribution in [2.45, 2.75) is 18.3 Å². The fourth-order valence-electron chi connectivity index (χ4n) is 4.67. The number of fused-ring (bicyclic) bond motifs is 2. The molecule has 0 saturated heterocycles. The van der Waals surface area contributed by atoms with E-state index in [0.717, 1.165) is 18.4 Å². The van der Waals surface area contributed by atoms with Crippen LogP contribution in [0, 0.1) is 11.2 Å². The number of rotatable bonds is 5. The van der Waals surface area contributed by atoms with E-state index >= 15 is 0 Å². The Hall–Kier alpha value is -4.21. The molecule has 3 N–H and O–H groups in total. The smallest absolute Gasteiger partial charge is 0.277 e. The minimum Gasteiger partial charge on any atom is -0.494 e. The first-order valence-electron chi connectivity index (χ1n) is 11.1. The van der Waals surface area contributed by atoms with Gasteiger partial charge in [0.2, 0.25) is 0 Å². The van der Waals surface area contributed by atoms with E-state index in [-0.39, 0.29) is 28.7 Å². The second kappa shape index (κ2) is 7.93. The summed E-state index contributed by atoms with van der Waals surface area (Å²) in [6, 6.07) is 11.4. The summed E-state index contributed by atoms with van der Waals surface area (Å²) in [5.74, 6) is -1.29. The number of aromatic nitrogens is 2. The first-order valence-corrected chi connectivity index (χ1v) is 11.1. The third-order valence-corrected chi connectivity index (χ3v) is 6.69. The lowest BCUT2D eigenvalue weighted by Crippen LogP contribution is -2.44. The van der Waals surface area contributed by atoms with E-state index in [1.165, 1.54) is 23.9 Å². The van der Waals surface area contributed by atoms with E-state index in [1.54, 1.807) is 54.2 Å². The molecule has 2 amide bonds. The number of halogens is 1. The molecule has 0 radical (unpaired) electrons. The minimum absolute atomic E-state index is 0.0384. The molecule has 35 heavy (non-hydrogen) atoms. The van der Waals surface area contributed by atoms with Crippen LogP contribution in [0.2, 0.25) is 0 Å². The van der Waals surface area contributed by atoms with Crippen LogP contribution in [-0.4, -0.2) is 60.1 Å². The van der Waals surface area contributed by atoms with Gasteiger partial charge in [0.1, 0.15) is 11.5 Å². The lowest BCUT2D eigenvalue weighted by Gasteiger charge is -2.33. The number of hydrogen-bond donors (Lipinski definition) is 2. The fraction of sp³-hybridized carbons (Fsp3) is 0.280. The lowest BCUT2D eigenvalue weighted by atomic mass is 9.88. The third kappa shape index (κ3) is 3.52. The molecule has 2 aliphatic rings. The van der Waals surface area contributed by atoms with Gasteiger partial charge in [0, 0.05) is 48.9 Å². The van der Waals surface area contributed by atoms with Crippen LogP contribution in [0.15, 0.2) is 42.5 Å². The molecular weight excluding hydrogens is 451 g/mol. The molecule has 0 unspecified atom stereocenters. The molecule has 1 aliphatic heterocycles. The van der Waals surface area contributed by atoms with E-state index in [9.17, 15) is 14.0 Å². The van der Waals surface area contributed by atoms with Crippen molar-refractivity contribution in [3.8, 4) is 11.4 Å². The predicted octanol–water partition coefficient (Wildman–Crippen LogP) is 2.70. The van der Waals surface area contributed by atoms with Crippen molar-refractivity contribution in [2.24, 2.45) is 5.73 Å². The van der Waals surface area contributed by atoms with Crippen LogP contribution in [0.4, 0.5) is 10.1 Å². The van der Waals surface area contributed by atoms with E-state index in [1.807, 2.05) is 0 Å². The van der Waals surface area contributed by atoms with Gasteiger partial charge in [0.05, 0.1) is 12.8 Å². The van der Waals surface area contributed by atoms with Gasteiger partial charge >= 0.3 is 0 Å². The second-order valence-electron chi connectivity index (χ2n) is 9.13. The van der Waals surface area contributed by atoms with Crippen LogP contribution in [0.5, 0.6) is 5.75 Å². The van der Waals surface area contributed by atoms with Gasteiger partial charge in [-0.15, -0.1) is 0 Å². The molecule has 1 spiro atoms. The average Bonchev–Trinajstić information content (AvgIpc) is 3.48. The molecule has 0 bridgehead atoms. The average molecular weight is 477 g/mol. The number of carbonyl (C=O) groups excluding carboxylic acids is 2. The lowest BCUT2D eigenvalue weighted by molar-refractivity contribution is 0.0966. The van der Waals surface area contributed by atoms with Gasteiger partial charge in [-0.3, -0.25) is 15.0 Å². The summed E-state index contributed by atoms with van der Waals surface area (Å²) in [6.45, 7) is 0.381. The second-order valence-corrected chi connectivity index (χ2v) is 9.13. The number of nitrogens with zero attached hydrogens (tertiary/aromatic N) is 4. The quantitative estimate of drug-likeness (QED) is 0.434. The number of amidine groups is 1. The largest absolute Gasteiger partial charge is 0.494 e. The molecule has 1 saturated carbocycles. The number of methoxy groups -OCH3 is 1. The van der Waals surface area contributed by atoms with Gasteiger partial charge in [-0.25, -0.2) is 9.07 Å². The number of primary amides is 1. The van der Waals surface area contributed by atoms with Crippen molar-refractivity contribution in [1.29, 1.82) is 5.41 Å². The molecule has 1 aliphatic carbocycles. The Morgan fingerprint density at radius 3 is 2.37 bits per heavy atom. The van der Waals surface area contributed by atoms with Gasteiger partial charge < -0.3 is 20.3 Å². The highest BCUT2D eigenvalue weighted by Gasteiger charge is 2.56. The number of amides is 2. The Labute approximate surface area is 201 Å². The summed E-state index contributed by atoms with van der Waals surface area (Å²) in [6.07, 6.45) is 1.55. The molecule has 10 heteroatoms. The van der Waals surface area contributed by atoms with Crippen LogP contribution in [0.1, 0.15) is 44.9 Å². The van der Waals surface area contributed by atoms with Crippen molar-refractivity contribution in [1.82, 2.24) is 14.7 Å². The van der Waals surface area contributed by atoms with Gasteiger partial charge in [-0.1, -0.05) is 0 Å². The number of carbonyl (C=O) groups is 2. The number of anilines is 1. The molecule has 9 nitrogen and oxygen atoms in total. The highest BCUT2D eigenvalue weighted by atomic mass is 19.1. The van der Waals surface area contributed by atoms with Crippen LogP contribution in [-0.2, 0) is 5.41 Å². The van der Waals surface area contributed by atoms with Crippen LogP contribution >= 0.6 is 0 Å². The van der Waals surface area contributed by atoms with Crippen LogP contribution in [0.3, 0.4) is 0 Å². The van der Waals surface area contributed by atoms with Crippen molar-refractivity contribution in [2.75, 3.05) is 32.6 Å². The highest BCUT2D eigenvalue weighted by molar-refractivity contribution is 6.11. The summed E-state index contributed by atoms with van der Waals surface area (Å²) >= 11 is 0. The standard InChI is InChI=1S/C25H25FN6O3/c1-30(2)22(27)14-4-6-15(7-5-14)31-13-25(10-11-25)19-20(23(28)33)29-32(21(19)24(31)34)16-8-9-18(35-3)17(26)12-16/h4-9,12,27H,10-11,13H2,1-3H3,(H2,28,33). The summed E-state index contributed by atoms with van der Waals surface area (Å²) in [4.78, 5) is 29.5. The molecule has 2 aromatic carbocycles. The summed E-state index contributed by atoms with van der Waals surface area (Å²) in [5, 5.41) is 12.6. The molecule has 1 aromatic heterocycles. The molecule has 3 aromatic rings. The maximum atomic E-state index is 14.5. The number of nitrogens with one attached hydrogen (secondary N) is 1. The topological polar surface area (TPSA) is 118 Å². The number of hydrogen-bond acceptors (Lipinski definition) is 5. The Balaban J connectivity index is 1.63. The molecule has 2 heterocycles. The van der Waals surface area contributed by atoms with Gasteiger partial charge in [0.25, 0.3) is 11.8 Å². The highest BCUT2D eigenvalue weighted by Crippen LogP contribution is 2.54. The van der Waals surface area contributed by atoms with Gasteiger partial charge in [-0.2, -0.15) is 5.10 Å². The zero-order valence-electron chi connectivity index (χ0n) is 19.6. The zero-order chi connectivity index (χ0) is 25.1. The van der Waals surface area contributed by atoms with Crippen molar-refractivity contribution in [3.63, 3.8) is 0 Å². The minimum atomic E-state index is -0.729. The van der Waals surface area contributed by atoms with Gasteiger partial charge in [-0.05, 0) is 49.2 Å². The summed E-state index contributed by atoms with van der Waals surface area (Å²) in [7, 11) is 4.95. The summed E-state index contributed by atoms with van der Waals surface area (Å²) < 4.78 is 20.8. The normalized spacial score (nSPS) is 15.7. The zero-order valence-corrected chi connectivity index (χ0v) is 19.6. The predicted molar refractivity (Wildman–Crippen MR) is 128 cm³/mol. The Morgan fingerprint density at radius 2 is 1.83 bits per heavy atom. The van der Waals surface area contributed by atoms with E-state index in [4.69, 9.17) is 15.9 Å². The Kier molecular flexibility index (Phi) is 5.12. The molecule has 0 atom stereocenters. The summed E-state index contributed by atoms with van der Waals surface area (Å²) in [5.41, 5.74) is 7.67. The third-order valence-electron chi connectivity index (χ3n) is 6.69. The van der Waals surface area contributed by atoms with Crippen molar-refractivity contribution >= 4 is 23.3 Å². The van der Waals surface area contributed by atoms with Crippen LogP contribution in [0.25, 0.3) is 5.69 Å². The fourth-order valence-corrected chi connectivity index (χ4v) is 4.67. The Bertz CT molecular complexity index is 1370. The van der Waals surface area contributed by atoms with E-state index in [0.29, 0.717) is 23.6 Å². The number of benzene rings is 2. The first-order chi connectivity index (χ1) is 16.7.